The van der Waals surface area contributed by atoms with E-state index in [-0.39, 0.29) is 11.4 Å². The van der Waals surface area contributed by atoms with E-state index in [9.17, 15) is 9.59 Å². The average Bonchev–Trinajstić information content (AvgIpc) is 2.03. The zero-order valence-electron chi connectivity index (χ0n) is 6.52. The summed E-state index contributed by atoms with van der Waals surface area (Å²) in [7, 11) is 0. The van der Waals surface area contributed by atoms with E-state index in [0.29, 0.717) is 0 Å². The summed E-state index contributed by atoms with van der Waals surface area (Å²) in [6, 6.07) is -1.07. The lowest BCUT2D eigenvalue weighted by atomic mass is 10.1. The second-order valence-corrected chi connectivity index (χ2v) is 2.49. The Morgan fingerprint density at radius 3 is 2.54 bits per heavy atom. The number of hydrogen-bond donors (Lipinski definition) is 4. The second kappa shape index (κ2) is 3.18. The molecule has 0 aromatic carbocycles. The maximum atomic E-state index is 10.5. The fourth-order valence-corrected chi connectivity index (χ4v) is 0.915. The van der Waals surface area contributed by atoms with Crippen LogP contribution in [0.4, 0.5) is 0 Å². The smallest absolute Gasteiger partial charge is 0.352 e. The third-order valence-electron chi connectivity index (χ3n) is 1.48. The van der Waals surface area contributed by atoms with Crippen LogP contribution in [-0.2, 0) is 9.59 Å². The molecule has 1 atom stereocenters. The van der Waals surface area contributed by atoms with Crippen LogP contribution in [0.1, 0.15) is 0 Å². The lowest BCUT2D eigenvalue weighted by Gasteiger charge is -2.17. The number of nitrogens with two attached hydrogens (primary N) is 1. The fraction of sp³-hybridized carbons (Fsp3) is 0.143. The maximum Gasteiger partial charge on any atom is 0.352 e. The van der Waals surface area contributed by atoms with Crippen molar-refractivity contribution >= 4 is 11.9 Å². The van der Waals surface area contributed by atoms with Crippen LogP contribution < -0.4 is 11.1 Å². The van der Waals surface area contributed by atoms with Gasteiger partial charge in [-0.25, -0.2) is 9.59 Å². The molecule has 0 aromatic heterocycles. The number of carboxylic acids is 2. The molecule has 0 fully saturated rings. The third kappa shape index (κ3) is 1.98. The highest BCUT2D eigenvalue weighted by molar-refractivity contribution is 5.89. The molecule has 1 aliphatic heterocycles. The minimum Gasteiger partial charge on any atom is -0.479 e. The van der Waals surface area contributed by atoms with Gasteiger partial charge in [0.2, 0.25) is 0 Å². The molecule has 0 aliphatic carbocycles. The zero-order valence-corrected chi connectivity index (χ0v) is 6.52. The van der Waals surface area contributed by atoms with Gasteiger partial charge < -0.3 is 21.3 Å². The Bertz CT molecular complexity index is 318. The van der Waals surface area contributed by atoms with Gasteiger partial charge in [-0.15, -0.1) is 0 Å². The molecule has 0 saturated heterocycles. The highest BCUT2D eigenvalue weighted by Crippen LogP contribution is 2.06. The summed E-state index contributed by atoms with van der Waals surface area (Å²) in [6.45, 7) is 0. The van der Waals surface area contributed by atoms with Gasteiger partial charge in [-0.2, -0.15) is 0 Å². The van der Waals surface area contributed by atoms with Gasteiger partial charge in [-0.1, -0.05) is 0 Å². The summed E-state index contributed by atoms with van der Waals surface area (Å²) in [4.78, 5) is 20.9. The number of carbonyl (C=O) groups is 2. The number of carboxylic acid groups (broad SMARTS) is 2. The van der Waals surface area contributed by atoms with Gasteiger partial charge in [0, 0.05) is 5.70 Å². The molecule has 5 N–H and O–H groups in total. The van der Waals surface area contributed by atoms with Crippen molar-refractivity contribution in [3.63, 3.8) is 0 Å². The summed E-state index contributed by atoms with van der Waals surface area (Å²) in [5, 5.41) is 19.4. The lowest BCUT2D eigenvalue weighted by Crippen LogP contribution is -2.39. The number of dihydropyridines is 1. The van der Waals surface area contributed by atoms with Crippen LogP contribution in [0.3, 0.4) is 0 Å². The first-order valence-electron chi connectivity index (χ1n) is 3.42. The van der Waals surface area contributed by atoms with Crippen molar-refractivity contribution in [2.45, 2.75) is 6.04 Å². The highest BCUT2D eigenvalue weighted by atomic mass is 16.4. The molecule has 1 unspecified atom stereocenters. The van der Waals surface area contributed by atoms with Crippen LogP contribution in [0.2, 0.25) is 0 Å². The van der Waals surface area contributed by atoms with Crippen LogP contribution in [0.5, 0.6) is 0 Å². The fourth-order valence-electron chi connectivity index (χ4n) is 0.915. The van der Waals surface area contributed by atoms with Gasteiger partial charge in [0.25, 0.3) is 0 Å². The second-order valence-electron chi connectivity index (χ2n) is 2.49. The van der Waals surface area contributed by atoms with Crippen molar-refractivity contribution in [1.82, 2.24) is 5.32 Å². The summed E-state index contributed by atoms with van der Waals surface area (Å²) in [5.74, 6) is -2.41. The topological polar surface area (TPSA) is 113 Å². The van der Waals surface area contributed by atoms with Gasteiger partial charge in [-0.3, -0.25) is 0 Å². The standard InChI is InChI=1S/C7H8N2O4/c8-3-1-4(6(10)11)9-5(2-3)7(12)13/h1-2,4,9H,8H2,(H,10,11)(H,12,13). The molecule has 0 saturated carbocycles. The summed E-state index contributed by atoms with van der Waals surface area (Å²) in [6.07, 6.45) is 2.40. The van der Waals surface area contributed by atoms with Crippen molar-refractivity contribution in [2.24, 2.45) is 5.73 Å². The molecule has 0 aromatic rings. The van der Waals surface area contributed by atoms with E-state index in [0.717, 1.165) is 0 Å². The molecule has 0 amide bonds. The largest absolute Gasteiger partial charge is 0.479 e. The minimum atomic E-state index is -1.23. The Morgan fingerprint density at radius 1 is 1.46 bits per heavy atom. The molecule has 13 heavy (non-hydrogen) atoms. The van der Waals surface area contributed by atoms with E-state index in [2.05, 4.69) is 5.32 Å². The number of aliphatic carboxylic acids is 2. The number of hydrogen-bond acceptors (Lipinski definition) is 4. The third-order valence-corrected chi connectivity index (χ3v) is 1.48. The first-order chi connectivity index (χ1) is 6.00. The van der Waals surface area contributed by atoms with E-state index < -0.39 is 18.0 Å². The minimum absolute atomic E-state index is 0.128. The Kier molecular flexibility index (Phi) is 2.23. The Morgan fingerprint density at radius 2 is 2.08 bits per heavy atom. The molecule has 0 spiro atoms. The number of rotatable bonds is 2. The van der Waals surface area contributed by atoms with E-state index in [1.807, 2.05) is 0 Å². The lowest BCUT2D eigenvalue weighted by molar-refractivity contribution is -0.138. The number of nitrogens with one attached hydrogen (secondary N) is 1. The van der Waals surface area contributed by atoms with Crippen LogP contribution in [0.25, 0.3) is 0 Å². The molecule has 1 aliphatic rings. The van der Waals surface area contributed by atoms with E-state index >= 15 is 0 Å². The Labute approximate surface area is 73.3 Å². The van der Waals surface area contributed by atoms with Gasteiger partial charge in [0.15, 0.2) is 0 Å². The normalized spacial score (nSPS) is 21.1. The van der Waals surface area contributed by atoms with Crippen LogP contribution in [-0.4, -0.2) is 28.2 Å². The summed E-state index contributed by atoms with van der Waals surface area (Å²) in [5.41, 5.74) is 5.22. The van der Waals surface area contributed by atoms with Crippen LogP contribution in [0, 0.1) is 0 Å². The van der Waals surface area contributed by atoms with E-state index in [4.69, 9.17) is 15.9 Å². The first kappa shape index (κ1) is 9.11. The molecule has 70 valence electrons. The molecular formula is C7H8N2O4. The van der Waals surface area contributed by atoms with Crippen LogP contribution in [0.15, 0.2) is 23.5 Å². The SMILES string of the molecule is NC1=CC(C(=O)O)NC(C(=O)O)=C1. The van der Waals surface area contributed by atoms with Gasteiger partial charge in [0.1, 0.15) is 11.7 Å². The molecule has 1 heterocycles. The van der Waals surface area contributed by atoms with Crippen molar-refractivity contribution in [1.29, 1.82) is 0 Å². The molecular weight excluding hydrogens is 176 g/mol. The monoisotopic (exact) mass is 184 g/mol. The predicted molar refractivity (Wildman–Crippen MR) is 42.5 cm³/mol. The predicted octanol–water partition coefficient (Wildman–Crippen LogP) is -1.15. The van der Waals surface area contributed by atoms with Crippen molar-refractivity contribution in [3.05, 3.63) is 23.5 Å². The maximum absolute atomic E-state index is 10.5. The quantitative estimate of drug-likeness (QED) is 0.431. The number of allylic oxidation sites excluding steroid dienone is 1. The average molecular weight is 184 g/mol. The van der Waals surface area contributed by atoms with Gasteiger partial charge in [-0.05, 0) is 12.2 Å². The van der Waals surface area contributed by atoms with Gasteiger partial charge >= 0.3 is 11.9 Å². The van der Waals surface area contributed by atoms with E-state index in [1.165, 1.54) is 12.2 Å². The van der Waals surface area contributed by atoms with Crippen molar-refractivity contribution in [3.8, 4) is 0 Å². The van der Waals surface area contributed by atoms with Crippen LogP contribution >= 0.6 is 0 Å². The molecule has 6 heteroatoms. The summed E-state index contributed by atoms with van der Waals surface area (Å²) >= 11 is 0. The van der Waals surface area contributed by atoms with E-state index in [1.54, 1.807) is 0 Å². The molecule has 0 bridgehead atoms. The molecule has 0 radical (unpaired) electrons. The first-order valence-corrected chi connectivity index (χ1v) is 3.42. The van der Waals surface area contributed by atoms with Gasteiger partial charge in [0.05, 0.1) is 0 Å². The Balaban J connectivity index is 2.90. The highest BCUT2D eigenvalue weighted by Gasteiger charge is 2.22. The Hall–Kier alpha value is -1.98. The van der Waals surface area contributed by atoms with Crippen molar-refractivity contribution in [2.75, 3.05) is 0 Å². The summed E-state index contributed by atoms with van der Waals surface area (Å²) < 4.78 is 0. The molecule has 1 rings (SSSR count). The molecule has 6 nitrogen and oxygen atoms in total. The van der Waals surface area contributed by atoms with Crippen molar-refractivity contribution < 1.29 is 19.8 Å². The zero-order chi connectivity index (χ0) is 10.0.